The minimum Gasteiger partial charge on any atom is -0.355 e. The number of aliphatic imine (C=N–C) groups is 1. The van der Waals surface area contributed by atoms with Gasteiger partial charge in [0.15, 0.2) is 5.96 Å². The minimum atomic E-state index is -0.569. The van der Waals surface area contributed by atoms with E-state index in [9.17, 15) is 8.78 Å². The molecule has 0 saturated heterocycles. The number of benzene rings is 1. The maximum Gasteiger partial charge on any atom is 0.191 e. The molecule has 0 heterocycles. The fourth-order valence-electron chi connectivity index (χ4n) is 3.21. The second-order valence-corrected chi connectivity index (χ2v) is 6.45. The lowest BCUT2D eigenvalue weighted by atomic mass is 10.1. The van der Waals surface area contributed by atoms with Gasteiger partial charge in [-0.2, -0.15) is 0 Å². The van der Waals surface area contributed by atoms with Gasteiger partial charge in [-0.25, -0.2) is 8.78 Å². The monoisotopic (exact) mass is 338 g/mol. The Morgan fingerprint density at radius 2 is 2.04 bits per heavy atom. The van der Waals surface area contributed by atoms with Crippen molar-refractivity contribution < 1.29 is 8.78 Å². The van der Waals surface area contributed by atoms with E-state index in [1.54, 1.807) is 7.05 Å². The van der Waals surface area contributed by atoms with Crippen LogP contribution in [0.5, 0.6) is 0 Å². The summed E-state index contributed by atoms with van der Waals surface area (Å²) in [5.41, 5.74) is 0.419. The maximum absolute atomic E-state index is 13.8. The van der Waals surface area contributed by atoms with Crippen molar-refractivity contribution >= 4 is 5.96 Å². The molecule has 0 aromatic heterocycles. The Labute approximate surface area is 143 Å². The number of likely N-dealkylation sites (N-methyl/N-ethyl adjacent to an activating group) is 1. The van der Waals surface area contributed by atoms with Gasteiger partial charge >= 0.3 is 0 Å². The molecule has 0 aliphatic heterocycles. The lowest BCUT2D eigenvalue weighted by Crippen LogP contribution is -2.43. The molecule has 6 heteroatoms. The fraction of sp³-hybridized carbons (Fsp3) is 0.611. The summed E-state index contributed by atoms with van der Waals surface area (Å²) in [6.45, 7) is 3.53. The molecule has 134 valence electrons. The van der Waals surface area contributed by atoms with Crippen LogP contribution in [0.1, 0.15) is 44.2 Å². The second kappa shape index (κ2) is 8.97. The molecule has 1 fully saturated rings. The average molecular weight is 338 g/mol. The Balaban J connectivity index is 1.81. The van der Waals surface area contributed by atoms with E-state index in [1.165, 1.54) is 37.8 Å². The average Bonchev–Trinajstić information content (AvgIpc) is 3.08. The summed E-state index contributed by atoms with van der Waals surface area (Å²) in [4.78, 5) is 6.56. The van der Waals surface area contributed by atoms with Gasteiger partial charge in [0.1, 0.15) is 11.6 Å². The normalized spacial score (nSPS) is 17.3. The molecule has 1 unspecified atom stereocenters. The molecule has 1 aliphatic carbocycles. The van der Waals surface area contributed by atoms with Gasteiger partial charge in [-0.15, -0.1) is 0 Å². The Kier molecular flexibility index (Phi) is 6.97. The molecule has 4 nitrogen and oxygen atoms in total. The molecule has 24 heavy (non-hydrogen) atoms. The predicted octanol–water partition coefficient (Wildman–Crippen LogP) is 3.07. The first-order valence-electron chi connectivity index (χ1n) is 8.63. The summed E-state index contributed by atoms with van der Waals surface area (Å²) < 4.78 is 26.8. The largest absolute Gasteiger partial charge is 0.355 e. The van der Waals surface area contributed by atoms with Crippen LogP contribution in [-0.4, -0.2) is 44.1 Å². The third kappa shape index (κ3) is 5.16. The number of nitrogens with one attached hydrogen (secondary N) is 2. The van der Waals surface area contributed by atoms with Crippen LogP contribution in [0.3, 0.4) is 0 Å². The number of guanidine groups is 1. The zero-order valence-corrected chi connectivity index (χ0v) is 14.8. The highest BCUT2D eigenvalue weighted by Gasteiger charge is 2.19. The van der Waals surface area contributed by atoms with Crippen molar-refractivity contribution in [1.29, 1.82) is 0 Å². The van der Waals surface area contributed by atoms with Crippen LogP contribution in [0.25, 0.3) is 0 Å². The molecular formula is C18H28F2N4. The minimum absolute atomic E-state index is 0.302. The maximum atomic E-state index is 13.8. The first kappa shape index (κ1) is 18.6. The van der Waals surface area contributed by atoms with Crippen molar-refractivity contribution in [3.63, 3.8) is 0 Å². The summed E-state index contributed by atoms with van der Waals surface area (Å²) in [6, 6.07) is 4.02. The van der Waals surface area contributed by atoms with Crippen LogP contribution in [0.2, 0.25) is 0 Å². The van der Waals surface area contributed by atoms with Crippen molar-refractivity contribution in [2.75, 3.05) is 27.2 Å². The number of halogens is 2. The standard InChI is InChI=1S/C18H28F2N4/c1-13(16-9-8-14(19)12-17(16)20)23-18(21-2)22-10-11-24(3)15-6-4-5-7-15/h8-9,12-13,15H,4-7,10-11H2,1-3H3,(H2,21,22,23). The van der Waals surface area contributed by atoms with Crippen molar-refractivity contribution in [3.8, 4) is 0 Å². The number of hydrogen-bond acceptors (Lipinski definition) is 2. The topological polar surface area (TPSA) is 39.7 Å². The summed E-state index contributed by atoms with van der Waals surface area (Å²) in [5.74, 6) is -0.502. The number of nitrogens with zero attached hydrogens (tertiary/aromatic N) is 2. The van der Waals surface area contributed by atoms with E-state index in [0.29, 0.717) is 17.6 Å². The predicted molar refractivity (Wildman–Crippen MR) is 94.2 cm³/mol. The zero-order valence-electron chi connectivity index (χ0n) is 14.8. The number of hydrogen-bond donors (Lipinski definition) is 2. The van der Waals surface area contributed by atoms with Gasteiger partial charge in [-0.05, 0) is 32.9 Å². The molecule has 0 amide bonds. The van der Waals surface area contributed by atoms with E-state index >= 15 is 0 Å². The van der Waals surface area contributed by atoms with Gasteiger partial charge in [0, 0.05) is 37.8 Å². The Morgan fingerprint density at radius 3 is 2.67 bits per heavy atom. The molecule has 1 saturated carbocycles. The summed E-state index contributed by atoms with van der Waals surface area (Å²) in [6.07, 6.45) is 5.22. The fourth-order valence-corrected chi connectivity index (χ4v) is 3.21. The molecule has 1 aromatic carbocycles. The van der Waals surface area contributed by atoms with E-state index in [4.69, 9.17) is 0 Å². The molecule has 0 bridgehead atoms. The van der Waals surface area contributed by atoms with Crippen LogP contribution in [0.4, 0.5) is 8.78 Å². The van der Waals surface area contributed by atoms with Gasteiger partial charge in [0.2, 0.25) is 0 Å². The van der Waals surface area contributed by atoms with Gasteiger partial charge in [-0.1, -0.05) is 18.9 Å². The van der Waals surface area contributed by atoms with Gasteiger partial charge in [-0.3, -0.25) is 4.99 Å². The van der Waals surface area contributed by atoms with Crippen LogP contribution < -0.4 is 10.6 Å². The van der Waals surface area contributed by atoms with Crippen molar-refractivity contribution in [3.05, 3.63) is 35.4 Å². The first-order valence-corrected chi connectivity index (χ1v) is 8.63. The highest BCUT2D eigenvalue weighted by atomic mass is 19.1. The van der Waals surface area contributed by atoms with E-state index in [1.807, 2.05) is 6.92 Å². The second-order valence-electron chi connectivity index (χ2n) is 6.45. The molecule has 2 rings (SSSR count). The summed E-state index contributed by atoms with van der Waals surface area (Å²) in [7, 11) is 3.84. The number of rotatable bonds is 6. The van der Waals surface area contributed by atoms with E-state index < -0.39 is 11.6 Å². The van der Waals surface area contributed by atoms with Crippen molar-refractivity contribution in [1.82, 2.24) is 15.5 Å². The van der Waals surface area contributed by atoms with Crippen LogP contribution in [0, 0.1) is 11.6 Å². The van der Waals surface area contributed by atoms with Crippen LogP contribution in [-0.2, 0) is 0 Å². The molecule has 1 aromatic rings. The van der Waals surface area contributed by atoms with Crippen molar-refractivity contribution in [2.45, 2.75) is 44.7 Å². The highest BCUT2D eigenvalue weighted by Crippen LogP contribution is 2.21. The Morgan fingerprint density at radius 1 is 1.33 bits per heavy atom. The summed E-state index contributed by atoms with van der Waals surface area (Å²) >= 11 is 0. The lowest BCUT2D eigenvalue weighted by Gasteiger charge is -2.25. The molecule has 0 spiro atoms. The van der Waals surface area contributed by atoms with Gasteiger partial charge in [0.25, 0.3) is 0 Å². The van der Waals surface area contributed by atoms with Crippen LogP contribution in [0.15, 0.2) is 23.2 Å². The third-order valence-corrected chi connectivity index (χ3v) is 4.71. The molecule has 0 radical (unpaired) electrons. The summed E-state index contributed by atoms with van der Waals surface area (Å²) in [5, 5.41) is 6.40. The Hall–Kier alpha value is -1.69. The molecule has 1 atom stereocenters. The van der Waals surface area contributed by atoms with E-state index in [2.05, 4.69) is 27.6 Å². The van der Waals surface area contributed by atoms with Gasteiger partial charge < -0.3 is 15.5 Å². The highest BCUT2D eigenvalue weighted by molar-refractivity contribution is 5.80. The zero-order chi connectivity index (χ0) is 17.5. The molecular weight excluding hydrogens is 310 g/mol. The lowest BCUT2D eigenvalue weighted by molar-refractivity contribution is 0.249. The van der Waals surface area contributed by atoms with Gasteiger partial charge in [0.05, 0.1) is 6.04 Å². The molecule has 2 N–H and O–H groups in total. The van der Waals surface area contributed by atoms with Crippen molar-refractivity contribution in [2.24, 2.45) is 4.99 Å². The quantitative estimate of drug-likeness (QED) is 0.619. The Bertz CT molecular complexity index is 556. The molecule has 1 aliphatic rings. The van der Waals surface area contributed by atoms with E-state index in [-0.39, 0.29) is 6.04 Å². The SMILES string of the molecule is CN=C(NCCN(C)C1CCCC1)NC(C)c1ccc(F)cc1F. The smallest absolute Gasteiger partial charge is 0.191 e. The first-order chi connectivity index (χ1) is 11.5. The third-order valence-electron chi connectivity index (χ3n) is 4.71. The van der Waals surface area contributed by atoms with Crippen LogP contribution >= 0.6 is 0 Å². The van der Waals surface area contributed by atoms with E-state index in [0.717, 1.165) is 19.2 Å².